The quantitative estimate of drug-likeness (QED) is 0.363. The van der Waals surface area contributed by atoms with E-state index in [4.69, 9.17) is 11.6 Å². The number of carbonyl (C=O) groups excluding carboxylic acids is 2. The molecule has 0 saturated carbocycles. The lowest BCUT2D eigenvalue weighted by Crippen LogP contribution is -2.51. The lowest BCUT2D eigenvalue weighted by Gasteiger charge is -2.32. The lowest BCUT2D eigenvalue weighted by molar-refractivity contribution is -0.139. The predicted molar refractivity (Wildman–Crippen MR) is 147 cm³/mol. The summed E-state index contributed by atoms with van der Waals surface area (Å²) in [5.74, 6) is -1.44. The molecule has 0 unspecified atom stereocenters. The first-order valence-corrected chi connectivity index (χ1v) is 14.0. The summed E-state index contributed by atoms with van der Waals surface area (Å²) in [6, 6.07) is 18.8. The third-order valence-corrected chi connectivity index (χ3v) is 7.92. The Balaban J connectivity index is 1.99. The van der Waals surface area contributed by atoms with Crippen molar-refractivity contribution < 1.29 is 22.4 Å². The van der Waals surface area contributed by atoms with Crippen LogP contribution in [0.3, 0.4) is 0 Å². The van der Waals surface area contributed by atoms with Crippen LogP contribution in [0.15, 0.2) is 83.8 Å². The van der Waals surface area contributed by atoms with Gasteiger partial charge in [0.2, 0.25) is 11.8 Å². The fraction of sp³-hybridized carbons (Fsp3) is 0.286. The number of sulfonamides is 1. The van der Waals surface area contributed by atoms with E-state index < -0.39 is 40.2 Å². The molecule has 10 heteroatoms. The highest BCUT2D eigenvalue weighted by Gasteiger charge is 2.32. The summed E-state index contributed by atoms with van der Waals surface area (Å²) < 4.78 is 42.9. The van der Waals surface area contributed by atoms with Crippen LogP contribution in [0.1, 0.15) is 26.3 Å². The van der Waals surface area contributed by atoms with Crippen LogP contribution in [-0.2, 0) is 26.2 Å². The Hall–Kier alpha value is -3.43. The Morgan fingerprint density at radius 2 is 1.53 bits per heavy atom. The molecular formula is C28H31ClFN3O4S. The van der Waals surface area contributed by atoms with Gasteiger partial charge in [0.05, 0.1) is 10.6 Å². The Morgan fingerprint density at radius 1 is 0.921 bits per heavy atom. The van der Waals surface area contributed by atoms with Crippen molar-refractivity contribution in [1.29, 1.82) is 0 Å². The third kappa shape index (κ3) is 7.33. The van der Waals surface area contributed by atoms with E-state index in [1.54, 1.807) is 36.4 Å². The van der Waals surface area contributed by atoms with E-state index in [1.165, 1.54) is 54.3 Å². The van der Waals surface area contributed by atoms with Crippen LogP contribution >= 0.6 is 11.6 Å². The van der Waals surface area contributed by atoms with Crippen LogP contribution in [0.5, 0.6) is 0 Å². The van der Waals surface area contributed by atoms with Crippen LogP contribution in [-0.4, -0.2) is 44.3 Å². The molecule has 0 aliphatic rings. The molecule has 0 bridgehead atoms. The second-order valence-electron chi connectivity index (χ2n) is 9.23. The molecule has 1 atom stereocenters. The van der Waals surface area contributed by atoms with Gasteiger partial charge >= 0.3 is 0 Å². The van der Waals surface area contributed by atoms with Crippen molar-refractivity contribution >= 4 is 39.1 Å². The number of hydrogen-bond acceptors (Lipinski definition) is 4. The number of amides is 2. The SMILES string of the molecule is CC(C)CNC(=O)[C@H](C)N(Cc1ccccc1F)C(=O)CN(c1ccccc1)S(=O)(=O)c1ccc(Cl)cc1. The zero-order valence-corrected chi connectivity index (χ0v) is 23.0. The summed E-state index contributed by atoms with van der Waals surface area (Å²) >= 11 is 5.95. The summed E-state index contributed by atoms with van der Waals surface area (Å²) in [4.78, 5) is 27.8. The van der Waals surface area contributed by atoms with E-state index in [-0.39, 0.29) is 28.6 Å². The molecule has 3 aromatic carbocycles. The third-order valence-electron chi connectivity index (χ3n) is 5.88. The molecule has 3 rings (SSSR count). The van der Waals surface area contributed by atoms with Crippen LogP contribution in [0.2, 0.25) is 5.02 Å². The van der Waals surface area contributed by atoms with Crippen LogP contribution < -0.4 is 9.62 Å². The van der Waals surface area contributed by atoms with E-state index >= 15 is 0 Å². The molecule has 0 heterocycles. The topological polar surface area (TPSA) is 86.8 Å². The summed E-state index contributed by atoms with van der Waals surface area (Å²) in [6.45, 7) is 4.98. The van der Waals surface area contributed by atoms with E-state index in [1.807, 2.05) is 13.8 Å². The first kappa shape index (κ1) is 29.1. The van der Waals surface area contributed by atoms with E-state index in [0.29, 0.717) is 11.6 Å². The fourth-order valence-electron chi connectivity index (χ4n) is 3.70. The van der Waals surface area contributed by atoms with Gasteiger partial charge in [-0.25, -0.2) is 12.8 Å². The number of para-hydroxylation sites is 1. The van der Waals surface area contributed by atoms with Crippen molar-refractivity contribution in [2.45, 2.75) is 38.3 Å². The highest BCUT2D eigenvalue weighted by Crippen LogP contribution is 2.25. The van der Waals surface area contributed by atoms with Crippen molar-refractivity contribution in [2.24, 2.45) is 5.92 Å². The number of anilines is 1. The molecule has 0 aromatic heterocycles. The molecule has 202 valence electrons. The first-order valence-electron chi connectivity index (χ1n) is 12.1. The zero-order chi connectivity index (χ0) is 27.9. The number of hydrogen-bond donors (Lipinski definition) is 1. The molecule has 2 amide bonds. The predicted octanol–water partition coefficient (Wildman–Crippen LogP) is 4.86. The Kier molecular flexibility index (Phi) is 9.88. The van der Waals surface area contributed by atoms with Gasteiger partial charge in [-0.2, -0.15) is 0 Å². The molecule has 38 heavy (non-hydrogen) atoms. The molecule has 3 aromatic rings. The molecule has 1 N–H and O–H groups in total. The monoisotopic (exact) mass is 559 g/mol. The summed E-state index contributed by atoms with van der Waals surface area (Å²) in [7, 11) is -4.20. The van der Waals surface area contributed by atoms with Crippen molar-refractivity contribution in [3.8, 4) is 0 Å². The number of rotatable bonds is 11. The standard InChI is InChI=1S/C28H31ClFN3O4S/c1-20(2)17-31-28(35)21(3)32(18-22-9-7-8-12-26(22)30)27(34)19-33(24-10-5-4-6-11-24)38(36,37)25-15-13-23(29)14-16-25/h4-16,20-21H,17-19H2,1-3H3,(H,31,35)/t21-/m0/s1. The molecule has 0 radical (unpaired) electrons. The molecule has 7 nitrogen and oxygen atoms in total. The summed E-state index contributed by atoms with van der Waals surface area (Å²) in [6.07, 6.45) is 0. The van der Waals surface area contributed by atoms with E-state index in [9.17, 15) is 22.4 Å². The molecule has 0 aliphatic carbocycles. The number of carbonyl (C=O) groups is 2. The van der Waals surface area contributed by atoms with Crippen LogP contribution in [0, 0.1) is 11.7 Å². The highest BCUT2D eigenvalue weighted by atomic mass is 35.5. The maximum atomic E-state index is 14.5. The zero-order valence-electron chi connectivity index (χ0n) is 21.5. The molecule has 0 spiro atoms. The maximum Gasteiger partial charge on any atom is 0.264 e. The van der Waals surface area contributed by atoms with Gasteiger partial charge in [-0.1, -0.05) is 61.8 Å². The minimum atomic E-state index is -4.20. The van der Waals surface area contributed by atoms with Gasteiger partial charge in [-0.3, -0.25) is 13.9 Å². The Morgan fingerprint density at radius 3 is 2.13 bits per heavy atom. The smallest absolute Gasteiger partial charge is 0.264 e. The van der Waals surface area contributed by atoms with Crippen LogP contribution in [0.25, 0.3) is 0 Å². The van der Waals surface area contributed by atoms with Gasteiger partial charge in [0, 0.05) is 23.7 Å². The lowest BCUT2D eigenvalue weighted by atomic mass is 10.1. The number of nitrogens with zero attached hydrogens (tertiary/aromatic N) is 2. The van der Waals surface area contributed by atoms with Gasteiger partial charge in [-0.15, -0.1) is 0 Å². The van der Waals surface area contributed by atoms with Gasteiger partial charge in [-0.05, 0) is 55.3 Å². The van der Waals surface area contributed by atoms with Gasteiger partial charge in [0.25, 0.3) is 10.0 Å². The van der Waals surface area contributed by atoms with E-state index in [2.05, 4.69) is 5.32 Å². The minimum Gasteiger partial charge on any atom is -0.354 e. The van der Waals surface area contributed by atoms with Gasteiger partial charge < -0.3 is 10.2 Å². The average molecular weight is 560 g/mol. The van der Waals surface area contributed by atoms with Crippen molar-refractivity contribution in [3.63, 3.8) is 0 Å². The second kappa shape index (κ2) is 12.9. The average Bonchev–Trinajstić information content (AvgIpc) is 2.90. The largest absolute Gasteiger partial charge is 0.354 e. The Labute approximate surface area is 228 Å². The molecular weight excluding hydrogens is 529 g/mol. The molecule has 0 saturated heterocycles. The number of benzene rings is 3. The first-order chi connectivity index (χ1) is 18.0. The molecule has 0 fully saturated rings. The normalized spacial score (nSPS) is 12.2. The van der Waals surface area contributed by atoms with Crippen molar-refractivity contribution in [1.82, 2.24) is 10.2 Å². The van der Waals surface area contributed by atoms with Gasteiger partial charge in [0.1, 0.15) is 18.4 Å². The van der Waals surface area contributed by atoms with Crippen LogP contribution in [0.4, 0.5) is 10.1 Å². The maximum absolute atomic E-state index is 14.5. The van der Waals surface area contributed by atoms with E-state index in [0.717, 1.165) is 4.31 Å². The van der Waals surface area contributed by atoms with Crippen molar-refractivity contribution in [3.05, 3.63) is 95.3 Å². The summed E-state index contributed by atoms with van der Waals surface area (Å²) in [5.41, 5.74) is 0.467. The highest BCUT2D eigenvalue weighted by molar-refractivity contribution is 7.92. The number of nitrogens with one attached hydrogen (secondary N) is 1. The summed E-state index contributed by atoms with van der Waals surface area (Å²) in [5, 5.41) is 3.16. The number of halogens is 2. The fourth-order valence-corrected chi connectivity index (χ4v) is 5.24. The minimum absolute atomic E-state index is 0.0538. The second-order valence-corrected chi connectivity index (χ2v) is 11.5. The molecule has 0 aliphatic heterocycles. The van der Waals surface area contributed by atoms with Gasteiger partial charge in [0.15, 0.2) is 0 Å². The van der Waals surface area contributed by atoms with Crippen molar-refractivity contribution in [2.75, 3.05) is 17.4 Å². The Bertz CT molecular complexity index is 1350.